The van der Waals surface area contributed by atoms with E-state index in [2.05, 4.69) is 13.0 Å². The molecule has 2 heterocycles. The summed E-state index contributed by atoms with van der Waals surface area (Å²) in [6, 6.07) is 16.7. The van der Waals surface area contributed by atoms with Crippen molar-refractivity contribution in [3.8, 4) is 28.4 Å². The fourth-order valence-electron chi connectivity index (χ4n) is 4.91. The van der Waals surface area contributed by atoms with Crippen molar-refractivity contribution in [2.45, 2.75) is 58.9 Å². The lowest BCUT2D eigenvalue weighted by Crippen LogP contribution is -2.50. The van der Waals surface area contributed by atoms with E-state index in [9.17, 15) is 14.7 Å². The third kappa shape index (κ3) is 5.79. The molecule has 0 fully saturated rings. The molecule has 8 nitrogen and oxygen atoms in total. The zero-order valence-corrected chi connectivity index (χ0v) is 22.7. The first-order valence-corrected chi connectivity index (χ1v) is 13.0. The van der Waals surface area contributed by atoms with Gasteiger partial charge in [0.05, 0.1) is 6.54 Å². The molecule has 5 rings (SSSR count). The van der Waals surface area contributed by atoms with Gasteiger partial charge in [0, 0.05) is 6.42 Å². The zero-order valence-electron chi connectivity index (χ0n) is 22.7. The number of carboxylic acids is 1. The van der Waals surface area contributed by atoms with Gasteiger partial charge in [-0.3, -0.25) is 4.90 Å². The number of hydrogen-bond donors (Lipinski definition) is 1. The number of fused-ring (bicyclic) bond motifs is 2. The van der Waals surface area contributed by atoms with Crippen LogP contribution in [-0.4, -0.2) is 46.9 Å². The summed E-state index contributed by atoms with van der Waals surface area (Å²) in [5.41, 5.74) is 5.28. The molecule has 0 unspecified atom stereocenters. The van der Waals surface area contributed by atoms with E-state index < -0.39 is 23.7 Å². The Kier molecular flexibility index (Phi) is 7.12. The number of benzene rings is 3. The predicted molar refractivity (Wildman–Crippen MR) is 145 cm³/mol. The summed E-state index contributed by atoms with van der Waals surface area (Å²) in [7, 11) is 0. The molecule has 8 heteroatoms. The summed E-state index contributed by atoms with van der Waals surface area (Å²) < 4.78 is 23.1. The molecule has 0 radical (unpaired) electrons. The third-order valence-electron chi connectivity index (χ3n) is 6.91. The van der Waals surface area contributed by atoms with E-state index in [1.54, 1.807) is 20.8 Å². The topological polar surface area (TPSA) is 94.5 Å². The van der Waals surface area contributed by atoms with Gasteiger partial charge in [0.2, 0.25) is 0 Å². The molecule has 3 aromatic carbocycles. The van der Waals surface area contributed by atoms with E-state index in [1.165, 1.54) is 4.90 Å². The van der Waals surface area contributed by atoms with Crippen LogP contribution in [0.4, 0.5) is 4.79 Å². The molecule has 0 saturated carbocycles. The standard InChI is InChI=1S/C31H33NO7/c1-19-22(6-5-7-25(19)21-9-11-27-28(16-21)37-13-12-36-27)18-38-24-10-8-20-15-26(29(33)34)32(17-23(20)14-24)30(35)39-31(2,3)4/h5-11,14,16,26H,12-13,15,17-18H2,1-4H3,(H,33,34)/t26-/m1/s1. The fraction of sp³-hybridized carbons (Fsp3) is 0.355. The van der Waals surface area contributed by atoms with Gasteiger partial charge in [-0.15, -0.1) is 0 Å². The van der Waals surface area contributed by atoms with Crippen molar-refractivity contribution in [2.75, 3.05) is 13.2 Å². The molecular formula is C31H33NO7. The molecule has 1 amide bonds. The normalized spacial score (nSPS) is 16.3. The molecule has 0 saturated heterocycles. The molecule has 204 valence electrons. The number of nitrogens with zero attached hydrogens (tertiary/aromatic N) is 1. The molecule has 2 aliphatic heterocycles. The Hall–Kier alpha value is -4.20. The lowest BCUT2D eigenvalue weighted by molar-refractivity contribution is -0.143. The minimum atomic E-state index is -1.06. The Morgan fingerprint density at radius 3 is 2.51 bits per heavy atom. The van der Waals surface area contributed by atoms with E-state index in [0.29, 0.717) is 25.6 Å². The van der Waals surface area contributed by atoms with Crippen LogP contribution in [0.5, 0.6) is 17.2 Å². The third-order valence-corrected chi connectivity index (χ3v) is 6.91. The van der Waals surface area contributed by atoms with Crippen LogP contribution >= 0.6 is 0 Å². The summed E-state index contributed by atoms with van der Waals surface area (Å²) in [5, 5.41) is 9.75. The second-order valence-corrected chi connectivity index (χ2v) is 10.8. The van der Waals surface area contributed by atoms with Crippen LogP contribution in [-0.2, 0) is 29.1 Å². The Labute approximate surface area is 228 Å². The second kappa shape index (κ2) is 10.5. The number of hydrogen-bond acceptors (Lipinski definition) is 6. The maximum atomic E-state index is 12.8. The molecule has 0 aliphatic carbocycles. The first-order chi connectivity index (χ1) is 18.6. The Morgan fingerprint density at radius 1 is 1.00 bits per heavy atom. The average molecular weight is 532 g/mol. The molecule has 0 spiro atoms. The number of carboxylic acid groups (broad SMARTS) is 1. The first kappa shape index (κ1) is 26.4. The van der Waals surface area contributed by atoms with Gasteiger partial charge in [-0.05, 0) is 85.3 Å². The van der Waals surface area contributed by atoms with Crippen LogP contribution in [0, 0.1) is 6.92 Å². The maximum Gasteiger partial charge on any atom is 0.411 e. The first-order valence-electron chi connectivity index (χ1n) is 13.0. The number of carbonyl (C=O) groups is 2. The molecule has 3 aromatic rings. The maximum absolute atomic E-state index is 12.8. The van der Waals surface area contributed by atoms with Crippen molar-refractivity contribution in [2.24, 2.45) is 0 Å². The minimum absolute atomic E-state index is 0.136. The van der Waals surface area contributed by atoms with Gasteiger partial charge in [0.15, 0.2) is 11.5 Å². The molecule has 1 atom stereocenters. The lowest BCUT2D eigenvalue weighted by atomic mass is 9.94. The highest BCUT2D eigenvalue weighted by Gasteiger charge is 2.37. The van der Waals surface area contributed by atoms with Crippen LogP contribution in [0.25, 0.3) is 11.1 Å². The average Bonchev–Trinajstić information content (AvgIpc) is 2.90. The summed E-state index contributed by atoms with van der Waals surface area (Å²) >= 11 is 0. The summed E-state index contributed by atoms with van der Waals surface area (Å²) in [4.78, 5) is 26.0. The molecule has 39 heavy (non-hydrogen) atoms. The van der Waals surface area contributed by atoms with Crippen LogP contribution in [0.15, 0.2) is 54.6 Å². The van der Waals surface area contributed by atoms with Crippen molar-refractivity contribution in [1.29, 1.82) is 0 Å². The number of carbonyl (C=O) groups excluding carboxylic acids is 1. The van der Waals surface area contributed by atoms with Crippen molar-refractivity contribution in [1.82, 2.24) is 4.90 Å². The smallest absolute Gasteiger partial charge is 0.411 e. The summed E-state index contributed by atoms with van der Waals surface area (Å²) in [5.74, 6) is 1.10. The lowest BCUT2D eigenvalue weighted by Gasteiger charge is -2.35. The highest BCUT2D eigenvalue weighted by Crippen LogP contribution is 2.36. The molecular weight excluding hydrogens is 498 g/mol. The van der Waals surface area contributed by atoms with Gasteiger partial charge >= 0.3 is 12.1 Å². The Balaban J connectivity index is 1.33. The predicted octanol–water partition coefficient (Wildman–Crippen LogP) is 5.76. The van der Waals surface area contributed by atoms with Crippen molar-refractivity contribution < 1.29 is 33.6 Å². The van der Waals surface area contributed by atoms with E-state index in [4.69, 9.17) is 18.9 Å². The minimum Gasteiger partial charge on any atom is -0.489 e. The second-order valence-electron chi connectivity index (χ2n) is 10.8. The van der Waals surface area contributed by atoms with E-state index in [-0.39, 0.29) is 13.0 Å². The van der Waals surface area contributed by atoms with Crippen LogP contribution in [0.3, 0.4) is 0 Å². The number of ether oxygens (including phenoxy) is 4. The van der Waals surface area contributed by atoms with E-state index >= 15 is 0 Å². The zero-order chi connectivity index (χ0) is 27.7. The van der Waals surface area contributed by atoms with Crippen LogP contribution in [0.1, 0.15) is 43.0 Å². The highest BCUT2D eigenvalue weighted by atomic mass is 16.6. The molecule has 0 bridgehead atoms. The number of rotatable bonds is 5. The summed E-state index contributed by atoms with van der Waals surface area (Å²) in [6.07, 6.45) is -0.431. The van der Waals surface area contributed by atoms with Gasteiger partial charge in [0.25, 0.3) is 0 Å². The van der Waals surface area contributed by atoms with Gasteiger partial charge in [-0.2, -0.15) is 0 Å². The SMILES string of the molecule is Cc1c(COc2ccc3c(c2)CN(C(=O)OC(C)(C)C)[C@@H](C(=O)O)C3)cccc1-c1ccc2c(c1)OCCO2. The van der Waals surface area contributed by atoms with Crippen LogP contribution in [0.2, 0.25) is 0 Å². The molecule has 2 aliphatic rings. The van der Waals surface area contributed by atoms with Crippen molar-refractivity contribution in [3.05, 3.63) is 76.9 Å². The quantitative estimate of drug-likeness (QED) is 0.447. The molecule has 0 aromatic heterocycles. The highest BCUT2D eigenvalue weighted by molar-refractivity contribution is 5.81. The van der Waals surface area contributed by atoms with E-state index in [0.717, 1.165) is 44.9 Å². The largest absolute Gasteiger partial charge is 0.489 e. The van der Waals surface area contributed by atoms with Gasteiger partial charge < -0.3 is 24.1 Å². The fourth-order valence-corrected chi connectivity index (χ4v) is 4.91. The van der Waals surface area contributed by atoms with Gasteiger partial charge in [-0.1, -0.05) is 30.3 Å². The van der Waals surface area contributed by atoms with Crippen molar-refractivity contribution in [3.63, 3.8) is 0 Å². The van der Waals surface area contributed by atoms with Crippen molar-refractivity contribution >= 4 is 12.1 Å². The molecule has 1 N–H and O–H groups in total. The monoisotopic (exact) mass is 531 g/mol. The number of amides is 1. The van der Waals surface area contributed by atoms with E-state index in [1.807, 2.05) is 48.5 Å². The Bertz CT molecular complexity index is 1410. The Morgan fingerprint density at radius 2 is 1.77 bits per heavy atom. The number of aliphatic carboxylic acids is 1. The summed E-state index contributed by atoms with van der Waals surface area (Å²) in [6.45, 7) is 8.94. The van der Waals surface area contributed by atoms with Gasteiger partial charge in [0.1, 0.15) is 37.2 Å². The van der Waals surface area contributed by atoms with Crippen LogP contribution < -0.4 is 14.2 Å². The van der Waals surface area contributed by atoms with Gasteiger partial charge in [-0.25, -0.2) is 9.59 Å².